The summed E-state index contributed by atoms with van der Waals surface area (Å²) in [5, 5.41) is 7.21. The molecule has 61 heavy (non-hydrogen) atoms. The van der Waals surface area contributed by atoms with Crippen LogP contribution in [0.5, 0.6) is 0 Å². The van der Waals surface area contributed by atoms with E-state index in [1.54, 1.807) is 0 Å². The van der Waals surface area contributed by atoms with Gasteiger partial charge in [0.1, 0.15) is 11.2 Å². The molecule has 3 heteroatoms. The summed E-state index contributed by atoms with van der Waals surface area (Å²) in [5.74, 6) is 0. The first-order valence-electron chi connectivity index (χ1n) is 20.8. The van der Waals surface area contributed by atoms with Crippen molar-refractivity contribution in [2.75, 3.05) is 4.90 Å². The van der Waals surface area contributed by atoms with Crippen molar-refractivity contribution in [1.82, 2.24) is 4.57 Å². The predicted octanol–water partition coefficient (Wildman–Crippen LogP) is 16.3. The van der Waals surface area contributed by atoms with Gasteiger partial charge >= 0.3 is 0 Å². The predicted molar refractivity (Wildman–Crippen MR) is 257 cm³/mol. The molecular weight excluding hydrogens is 741 g/mol. The second kappa shape index (κ2) is 14.3. The maximum Gasteiger partial charge on any atom is 0.136 e. The minimum atomic E-state index is 0.893. The van der Waals surface area contributed by atoms with Crippen molar-refractivity contribution in [3.8, 4) is 39.1 Å². The third kappa shape index (κ3) is 5.98. The number of rotatable bonds is 7. The third-order valence-electron chi connectivity index (χ3n) is 12.2. The molecule has 0 atom stereocenters. The molecule has 0 aliphatic heterocycles. The standard InChI is InChI=1S/C58H38N2O/c1-2-14-41(15-3-1)49-33-29-44(43-26-25-39-13-4-5-16-42(39)35-43)36-56(49)59(46-31-27-40(28-32-46)45-30-34-53-52-21-8-11-24-57(52)61-58(53)37-45)47-17-12-18-48(38-47)60-54-22-9-6-19-50(54)51-20-7-10-23-55(51)60/h1-38H. The van der Waals surface area contributed by atoms with E-state index in [4.69, 9.17) is 4.42 Å². The fraction of sp³-hybridized carbons (Fsp3) is 0. The van der Waals surface area contributed by atoms with E-state index < -0.39 is 0 Å². The molecule has 10 aromatic carbocycles. The number of benzene rings is 10. The SMILES string of the molecule is c1ccc(-c2ccc(-c3ccc4ccccc4c3)cc2N(c2ccc(-c3ccc4c(c3)oc3ccccc34)cc2)c2cccc(-n3c4ccccc4c4ccccc43)c2)cc1. The lowest BCUT2D eigenvalue weighted by Crippen LogP contribution is -2.12. The maximum atomic E-state index is 6.30. The molecule has 0 bridgehead atoms. The summed E-state index contributed by atoms with van der Waals surface area (Å²) < 4.78 is 8.70. The summed E-state index contributed by atoms with van der Waals surface area (Å²) in [5.41, 5.74) is 15.3. The third-order valence-corrected chi connectivity index (χ3v) is 12.2. The first-order chi connectivity index (χ1) is 30.2. The van der Waals surface area contributed by atoms with Crippen LogP contribution in [0.15, 0.2) is 235 Å². The fourth-order valence-corrected chi connectivity index (χ4v) is 9.23. The van der Waals surface area contributed by atoms with E-state index in [9.17, 15) is 0 Å². The van der Waals surface area contributed by atoms with Crippen LogP contribution in [0, 0.1) is 0 Å². The van der Waals surface area contributed by atoms with Gasteiger partial charge in [0.15, 0.2) is 0 Å². The number of anilines is 3. The average molecular weight is 779 g/mol. The van der Waals surface area contributed by atoms with E-state index in [0.717, 1.165) is 72.5 Å². The van der Waals surface area contributed by atoms with Gasteiger partial charge in [0.05, 0.1) is 16.7 Å². The number of furan rings is 1. The van der Waals surface area contributed by atoms with Crippen LogP contribution >= 0.6 is 0 Å². The summed E-state index contributed by atoms with van der Waals surface area (Å²) >= 11 is 0. The highest BCUT2D eigenvalue weighted by Gasteiger charge is 2.21. The van der Waals surface area contributed by atoms with Crippen molar-refractivity contribution in [1.29, 1.82) is 0 Å². The normalized spacial score (nSPS) is 11.6. The summed E-state index contributed by atoms with van der Waals surface area (Å²) in [6.45, 7) is 0. The first kappa shape index (κ1) is 34.9. The molecule has 0 aliphatic carbocycles. The molecule has 0 saturated heterocycles. The van der Waals surface area contributed by atoms with Crippen LogP contribution in [0.4, 0.5) is 17.1 Å². The second-order valence-corrected chi connectivity index (χ2v) is 15.7. The van der Waals surface area contributed by atoms with Gasteiger partial charge in [-0.1, -0.05) is 158 Å². The molecule has 12 aromatic rings. The average Bonchev–Trinajstić information content (AvgIpc) is 3.88. The lowest BCUT2D eigenvalue weighted by molar-refractivity contribution is 0.669. The van der Waals surface area contributed by atoms with Gasteiger partial charge in [-0.05, 0) is 111 Å². The summed E-state index contributed by atoms with van der Waals surface area (Å²) in [7, 11) is 0. The molecule has 286 valence electrons. The van der Waals surface area contributed by atoms with Gasteiger partial charge in [-0.25, -0.2) is 0 Å². The van der Waals surface area contributed by atoms with Gasteiger partial charge < -0.3 is 13.9 Å². The number of hydrogen-bond acceptors (Lipinski definition) is 2. The van der Waals surface area contributed by atoms with Gasteiger partial charge in [0.2, 0.25) is 0 Å². The molecule has 0 fully saturated rings. The van der Waals surface area contributed by atoms with E-state index in [1.807, 2.05) is 12.1 Å². The molecule has 2 aromatic heterocycles. The molecule has 0 spiro atoms. The van der Waals surface area contributed by atoms with Gasteiger partial charge in [0, 0.05) is 44.2 Å². The molecule has 0 radical (unpaired) electrons. The Morgan fingerprint density at radius 2 is 0.934 bits per heavy atom. The Morgan fingerprint density at radius 1 is 0.328 bits per heavy atom. The van der Waals surface area contributed by atoms with Crippen molar-refractivity contribution in [2.24, 2.45) is 0 Å². The van der Waals surface area contributed by atoms with Crippen LogP contribution in [0.1, 0.15) is 0 Å². The van der Waals surface area contributed by atoms with Gasteiger partial charge in [0.25, 0.3) is 0 Å². The quantitative estimate of drug-likeness (QED) is 0.161. The molecular formula is C58H38N2O. The van der Waals surface area contributed by atoms with Crippen LogP contribution in [0.25, 0.3) is 93.6 Å². The van der Waals surface area contributed by atoms with E-state index in [0.29, 0.717) is 0 Å². The van der Waals surface area contributed by atoms with Gasteiger partial charge in [-0.2, -0.15) is 0 Å². The molecule has 2 heterocycles. The number of para-hydroxylation sites is 3. The molecule has 0 saturated carbocycles. The Kier molecular flexibility index (Phi) is 8.17. The van der Waals surface area contributed by atoms with Crippen molar-refractivity contribution in [3.05, 3.63) is 231 Å². The lowest BCUT2D eigenvalue weighted by atomic mass is 9.95. The van der Waals surface area contributed by atoms with Crippen LogP contribution in [-0.2, 0) is 0 Å². The topological polar surface area (TPSA) is 21.3 Å². The van der Waals surface area contributed by atoms with Crippen LogP contribution in [-0.4, -0.2) is 4.57 Å². The van der Waals surface area contributed by atoms with E-state index in [2.05, 4.69) is 228 Å². The molecule has 0 aliphatic rings. The van der Waals surface area contributed by atoms with E-state index in [1.165, 1.54) is 38.1 Å². The highest BCUT2D eigenvalue weighted by atomic mass is 16.3. The zero-order valence-corrected chi connectivity index (χ0v) is 33.2. The lowest BCUT2D eigenvalue weighted by Gasteiger charge is -2.29. The smallest absolute Gasteiger partial charge is 0.136 e. The molecule has 3 nitrogen and oxygen atoms in total. The maximum absolute atomic E-state index is 6.30. The zero-order valence-electron chi connectivity index (χ0n) is 33.2. The Labute approximate surface area is 353 Å². The van der Waals surface area contributed by atoms with Gasteiger partial charge in [-0.3, -0.25) is 0 Å². The second-order valence-electron chi connectivity index (χ2n) is 15.7. The fourth-order valence-electron chi connectivity index (χ4n) is 9.23. The highest BCUT2D eigenvalue weighted by Crippen LogP contribution is 2.45. The van der Waals surface area contributed by atoms with Gasteiger partial charge in [-0.15, -0.1) is 0 Å². The summed E-state index contributed by atoms with van der Waals surface area (Å²) in [4.78, 5) is 2.43. The van der Waals surface area contributed by atoms with Crippen molar-refractivity contribution >= 4 is 71.6 Å². The number of hydrogen-bond donors (Lipinski definition) is 0. The number of nitrogens with zero attached hydrogens (tertiary/aromatic N) is 2. The Bertz CT molecular complexity index is 3540. The highest BCUT2D eigenvalue weighted by molar-refractivity contribution is 6.09. The van der Waals surface area contributed by atoms with Crippen molar-refractivity contribution < 1.29 is 4.42 Å². The molecule has 0 unspecified atom stereocenters. The summed E-state index contributed by atoms with van der Waals surface area (Å²) in [6, 6.07) is 83.2. The first-order valence-corrected chi connectivity index (χ1v) is 20.8. The molecule has 12 rings (SSSR count). The minimum Gasteiger partial charge on any atom is -0.456 e. The van der Waals surface area contributed by atoms with Crippen LogP contribution in [0.3, 0.4) is 0 Å². The van der Waals surface area contributed by atoms with Crippen molar-refractivity contribution in [2.45, 2.75) is 0 Å². The molecule has 0 amide bonds. The van der Waals surface area contributed by atoms with Crippen LogP contribution in [0.2, 0.25) is 0 Å². The Hall–Kier alpha value is -8.14. The van der Waals surface area contributed by atoms with Crippen LogP contribution < -0.4 is 4.90 Å². The van der Waals surface area contributed by atoms with E-state index >= 15 is 0 Å². The largest absolute Gasteiger partial charge is 0.456 e. The minimum absolute atomic E-state index is 0.893. The zero-order chi connectivity index (χ0) is 40.3. The Morgan fingerprint density at radius 3 is 1.74 bits per heavy atom. The van der Waals surface area contributed by atoms with Crippen molar-refractivity contribution in [3.63, 3.8) is 0 Å². The summed E-state index contributed by atoms with van der Waals surface area (Å²) in [6.07, 6.45) is 0. The molecule has 0 N–H and O–H groups in total. The van der Waals surface area contributed by atoms with E-state index in [-0.39, 0.29) is 0 Å². The Balaban J connectivity index is 1.06. The number of aromatic nitrogens is 1. The monoisotopic (exact) mass is 778 g/mol. The number of fused-ring (bicyclic) bond motifs is 7.